The first kappa shape index (κ1) is 41.0. The van der Waals surface area contributed by atoms with Gasteiger partial charge in [0.15, 0.2) is 5.82 Å². The van der Waals surface area contributed by atoms with E-state index in [1.54, 1.807) is 11.3 Å². The van der Waals surface area contributed by atoms with E-state index in [-0.39, 0.29) is 31.7 Å². The van der Waals surface area contributed by atoms with Gasteiger partial charge in [0, 0.05) is 51.6 Å². The summed E-state index contributed by atoms with van der Waals surface area (Å²) in [6.07, 6.45) is 2.34. The predicted octanol–water partition coefficient (Wildman–Crippen LogP) is 6.14. The average Bonchev–Trinajstić information content (AvgIpc) is 3.82. The number of carbonyl (C=O) groups is 2. The number of carbonyl (C=O) groups excluding carboxylic acids is 2. The first-order valence-corrected chi connectivity index (χ1v) is 19.4. The SMILES string of the molecule is Cc1sc2c(c1C)C(c1ccc(Cl)cc1)=N[C@@H](CC(=O)NCCOCCOCCOCCNc1ccc(-c3ccc4c(c3)CC(=O)N4)cn1)c1nnc(C)n1-2.S. The molecule has 0 unspecified atom stereocenters. The first-order valence-electron chi connectivity index (χ1n) is 18.2. The van der Waals surface area contributed by atoms with Crippen molar-refractivity contribution in [1.29, 1.82) is 0 Å². The van der Waals surface area contributed by atoms with Gasteiger partial charge in [-0.05, 0) is 73.9 Å². The number of aryl methyl sites for hydroxylation is 2. The minimum Gasteiger partial charge on any atom is -0.377 e. The van der Waals surface area contributed by atoms with Gasteiger partial charge in [-0.1, -0.05) is 29.8 Å². The molecule has 0 bridgehead atoms. The number of thiophene rings is 1. The zero-order chi connectivity index (χ0) is 38.3. The lowest BCUT2D eigenvalue weighted by Crippen LogP contribution is -2.29. The highest BCUT2D eigenvalue weighted by molar-refractivity contribution is 7.59. The smallest absolute Gasteiger partial charge is 0.228 e. The molecule has 16 heteroatoms. The van der Waals surface area contributed by atoms with Gasteiger partial charge in [-0.2, -0.15) is 13.5 Å². The predicted molar refractivity (Wildman–Crippen MR) is 224 cm³/mol. The summed E-state index contributed by atoms with van der Waals surface area (Å²) >= 11 is 7.89. The molecular weight excluding hydrogens is 772 g/mol. The molecule has 0 spiro atoms. The summed E-state index contributed by atoms with van der Waals surface area (Å²) in [4.78, 5) is 35.6. The molecule has 2 aliphatic heterocycles. The fourth-order valence-corrected chi connectivity index (χ4v) is 7.85. The van der Waals surface area contributed by atoms with Gasteiger partial charge in [-0.3, -0.25) is 19.1 Å². The minimum absolute atomic E-state index is 0. The molecule has 56 heavy (non-hydrogen) atoms. The van der Waals surface area contributed by atoms with E-state index >= 15 is 0 Å². The summed E-state index contributed by atoms with van der Waals surface area (Å²) in [5.41, 5.74) is 7.81. The Kier molecular flexibility index (Phi) is 13.9. The molecule has 1 atom stereocenters. The summed E-state index contributed by atoms with van der Waals surface area (Å²) in [5, 5.41) is 19.6. The largest absolute Gasteiger partial charge is 0.377 e. The van der Waals surface area contributed by atoms with Gasteiger partial charge in [0.2, 0.25) is 11.8 Å². The van der Waals surface area contributed by atoms with Crippen LogP contribution in [0.1, 0.15) is 51.2 Å². The summed E-state index contributed by atoms with van der Waals surface area (Å²) in [6, 6.07) is 17.0. The molecule has 7 rings (SSSR count). The van der Waals surface area contributed by atoms with E-state index in [2.05, 4.69) is 45.0 Å². The van der Waals surface area contributed by atoms with Crippen LogP contribution in [-0.2, 0) is 30.2 Å². The molecule has 0 saturated carbocycles. The van der Waals surface area contributed by atoms with E-state index in [1.165, 1.54) is 4.88 Å². The molecule has 294 valence electrons. The Morgan fingerprint density at radius 3 is 2.34 bits per heavy atom. The van der Waals surface area contributed by atoms with E-state index in [0.717, 1.165) is 61.4 Å². The molecule has 2 aromatic carbocycles. The number of aromatic nitrogens is 4. The third-order valence-electron chi connectivity index (χ3n) is 9.43. The van der Waals surface area contributed by atoms with Crippen LogP contribution in [0.3, 0.4) is 0 Å². The molecular formula is C40H45ClN8O5S2. The second-order valence-electron chi connectivity index (χ2n) is 13.3. The van der Waals surface area contributed by atoms with Crippen molar-refractivity contribution in [1.82, 2.24) is 25.1 Å². The van der Waals surface area contributed by atoms with Crippen molar-refractivity contribution in [2.75, 3.05) is 63.4 Å². The zero-order valence-corrected chi connectivity index (χ0v) is 34.1. The number of nitrogens with one attached hydrogen (secondary N) is 3. The standard InChI is InChI=1S/C40H43ClN8O5S.H2S/c1-24-25(2)55-40-37(24)38(27-4-8-31(41)9-5-27)46-33(39-48-47-26(3)49(39)40)22-35(50)43-13-15-53-17-19-54-18-16-52-14-12-42-34-11-7-29(23-44-34)28-6-10-32-30(20-28)21-36(51)45-32;/h4-11,20,23,33H,12-19,21-22H2,1-3H3,(H,42,44)(H,43,50)(H,45,51);1H2/t33-;/m0./s1. The van der Waals surface area contributed by atoms with Crippen LogP contribution < -0.4 is 16.0 Å². The van der Waals surface area contributed by atoms with Crippen LogP contribution in [0.5, 0.6) is 0 Å². The molecule has 0 fully saturated rings. The Morgan fingerprint density at radius 1 is 0.911 bits per heavy atom. The fourth-order valence-electron chi connectivity index (χ4n) is 6.51. The second-order valence-corrected chi connectivity index (χ2v) is 14.9. The van der Waals surface area contributed by atoms with Gasteiger partial charge in [-0.25, -0.2) is 4.98 Å². The molecule has 0 aliphatic carbocycles. The Bertz CT molecular complexity index is 2190. The molecule has 5 aromatic rings. The average molecular weight is 817 g/mol. The number of pyridine rings is 1. The Balaban J connectivity index is 0.00000532. The van der Waals surface area contributed by atoms with Crippen LogP contribution in [0.2, 0.25) is 5.02 Å². The summed E-state index contributed by atoms with van der Waals surface area (Å²) in [5.74, 6) is 2.02. The maximum absolute atomic E-state index is 13.2. The number of nitrogens with zero attached hydrogens (tertiary/aromatic N) is 5. The van der Waals surface area contributed by atoms with Gasteiger partial charge in [0.1, 0.15) is 22.7 Å². The number of ether oxygens (including phenoxy) is 3. The number of hydrogen-bond acceptors (Lipinski definition) is 11. The number of anilines is 2. The summed E-state index contributed by atoms with van der Waals surface area (Å²) in [7, 11) is 0. The second kappa shape index (κ2) is 19.0. The lowest BCUT2D eigenvalue weighted by molar-refractivity contribution is -0.121. The zero-order valence-electron chi connectivity index (χ0n) is 31.5. The molecule has 3 N–H and O–H groups in total. The number of fused-ring (bicyclic) bond motifs is 4. The van der Waals surface area contributed by atoms with Crippen LogP contribution in [0.15, 0.2) is 65.8 Å². The van der Waals surface area contributed by atoms with Crippen molar-refractivity contribution in [3.63, 3.8) is 0 Å². The van der Waals surface area contributed by atoms with Crippen LogP contribution in [0.4, 0.5) is 11.5 Å². The van der Waals surface area contributed by atoms with Crippen LogP contribution in [0, 0.1) is 20.8 Å². The van der Waals surface area contributed by atoms with E-state index in [4.69, 9.17) is 30.8 Å². The van der Waals surface area contributed by atoms with Gasteiger partial charge < -0.3 is 30.2 Å². The molecule has 0 radical (unpaired) electrons. The van der Waals surface area contributed by atoms with Gasteiger partial charge in [0.25, 0.3) is 0 Å². The van der Waals surface area contributed by atoms with E-state index in [0.29, 0.717) is 70.0 Å². The Labute approximate surface area is 341 Å². The van der Waals surface area contributed by atoms with Crippen molar-refractivity contribution in [2.24, 2.45) is 4.99 Å². The Hall–Kier alpha value is -4.64. The molecule has 2 amide bonds. The fraction of sp³-hybridized carbons (Fsp3) is 0.350. The maximum atomic E-state index is 13.2. The molecule has 0 saturated heterocycles. The molecule has 3 aromatic heterocycles. The summed E-state index contributed by atoms with van der Waals surface area (Å²) in [6.45, 7) is 9.69. The van der Waals surface area contributed by atoms with Crippen molar-refractivity contribution in [2.45, 2.75) is 39.7 Å². The number of halogens is 1. The third kappa shape index (κ3) is 9.65. The minimum atomic E-state index is -0.531. The van der Waals surface area contributed by atoms with Crippen LogP contribution >= 0.6 is 36.4 Å². The highest BCUT2D eigenvalue weighted by atomic mass is 35.5. The number of hydrogen-bond donors (Lipinski definition) is 3. The number of amides is 2. The third-order valence-corrected chi connectivity index (χ3v) is 10.9. The van der Waals surface area contributed by atoms with Crippen molar-refractivity contribution >= 4 is 65.5 Å². The molecule has 5 heterocycles. The van der Waals surface area contributed by atoms with Gasteiger partial charge in [-0.15, -0.1) is 21.5 Å². The monoisotopic (exact) mass is 816 g/mol. The molecule has 2 aliphatic rings. The lowest BCUT2D eigenvalue weighted by Gasteiger charge is -2.13. The first-order chi connectivity index (χ1) is 26.7. The number of benzene rings is 2. The quantitative estimate of drug-likeness (QED) is 0.0941. The van der Waals surface area contributed by atoms with Crippen LogP contribution in [-0.4, -0.2) is 90.0 Å². The molecule has 13 nitrogen and oxygen atoms in total. The van der Waals surface area contributed by atoms with Gasteiger partial charge in [0.05, 0.1) is 58.2 Å². The topological polar surface area (TPSA) is 154 Å². The highest BCUT2D eigenvalue weighted by Gasteiger charge is 2.32. The van der Waals surface area contributed by atoms with Crippen molar-refractivity contribution in [3.05, 3.63) is 105 Å². The van der Waals surface area contributed by atoms with Crippen molar-refractivity contribution < 1.29 is 23.8 Å². The van der Waals surface area contributed by atoms with E-state index in [9.17, 15) is 9.59 Å². The van der Waals surface area contributed by atoms with E-state index < -0.39 is 6.04 Å². The number of rotatable bonds is 17. The summed E-state index contributed by atoms with van der Waals surface area (Å²) < 4.78 is 19.0. The number of aliphatic imine (C=N–C) groups is 1. The van der Waals surface area contributed by atoms with Gasteiger partial charge >= 0.3 is 0 Å². The normalized spacial score (nSPS) is 14.2. The highest BCUT2D eigenvalue weighted by Crippen LogP contribution is 2.39. The van der Waals surface area contributed by atoms with Crippen molar-refractivity contribution in [3.8, 4) is 16.1 Å². The lowest BCUT2D eigenvalue weighted by atomic mass is 9.99. The van der Waals surface area contributed by atoms with Crippen LogP contribution in [0.25, 0.3) is 16.1 Å². The Morgan fingerprint density at radius 2 is 1.61 bits per heavy atom. The van der Waals surface area contributed by atoms with E-state index in [1.807, 2.05) is 72.3 Å². The maximum Gasteiger partial charge on any atom is 0.228 e.